The highest BCUT2D eigenvalue weighted by atomic mass is 19.1. The number of furan rings is 1. The van der Waals surface area contributed by atoms with Gasteiger partial charge in [0.15, 0.2) is 12.3 Å². The largest absolute Gasteiger partial charge is 0.465 e. The molecular weight excluding hydrogens is 315 g/mol. The van der Waals surface area contributed by atoms with Crippen LogP contribution in [0.5, 0.6) is 0 Å². The lowest BCUT2D eigenvalue weighted by molar-refractivity contribution is -0.886. The number of esters is 1. The van der Waals surface area contributed by atoms with Gasteiger partial charge in [-0.05, 0) is 31.2 Å². The van der Waals surface area contributed by atoms with Gasteiger partial charge in [-0.1, -0.05) is 0 Å². The number of amides is 1. The van der Waals surface area contributed by atoms with E-state index in [2.05, 4.69) is 10.1 Å². The van der Waals surface area contributed by atoms with Crippen molar-refractivity contribution in [2.75, 3.05) is 26.0 Å². The third-order valence-corrected chi connectivity index (χ3v) is 3.44. The van der Waals surface area contributed by atoms with Gasteiger partial charge >= 0.3 is 5.97 Å². The molecule has 0 aliphatic heterocycles. The zero-order chi connectivity index (χ0) is 17.7. The van der Waals surface area contributed by atoms with E-state index in [0.717, 1.165) is 4.90 Å². The van der Waals surface area contributed by atoms with Crippen LogP contribution < -0.4 is 10.2 Å². The molecule has 1 atom stereocenters. The van der Waals surface area contributed by atoms with Crippen LogP contribution in [0.15, 0.2) is 34.7 Å². The summed E-state index contributed by atoms with van der Waals surface area (Å²) in [6.45, 7) is 2.33. The number of ether oxygens (including phenoxy) is 1. The van der Waals surface area contributed by atoms with Gasteiger partial charge in [-0.25, -0.2) is 9.18 Å². The van der Waals surface area contributed by atoms with E-state index in [4.69, 9.17) is 4.42 Å². The number of hydrogen-bond donors (Lipinski definition) is 2. The lowest BCUT2D eigenvalue weighted by atomic mass is 10.2. The number of methoxy groups -OCH3 is 1. The molecule has 2 rings (SSSR count). The van der Waals surface area contributed by atoms with Gasteiger partial charge in [0.25, 0.3) is 5.91 Å². The van der Waals surface area contributed by atoms with Crippen LogP contribution in [-0.4, -0.2) is 32.6 Å². The first kappa shape index (κ1) is 17.7. The first-order valence-electron chi connectivity index (χ1n) is 7.43. The van der Waals surface area contributed by atoms with Crippen molar-refractivity contribution in [2.24, 2.45) is 0 Å². The summed E-state index contributed by atoms with van der Waals surface area (Å²) in [6, 6.07) is 7.20. The molecule has 128 valence electrons. The number of halogens is 1. The van der Waals surface area contributed by atoms with E-state index in [1.54, 1.807) is 13.0 Å². The van der Waals surface area contributed by atoms with Crippen LogP contribution in [0.3, 0.4) is 0 Å². The van der Waals surface area contributed by atoms with Gasteiger partial charge in [0.05, 0.1) is 14.2 Å². The molecule has 0 radical (unpaired) electrons. The van der Waals surface area contributed by atoms with Crippen LogP contribution in [-0.2, 0) is 16.1 Å². The summed E-state index contributed by atoms with van der Waals surface area (Å²) in [7, 11) is 3.14. The fraction of sp³-hybridized carbons (Fsp3) is 0.294. The molecule has 0 saturated carbocycles. The van der Waals surface area contributed by atoms with E-state index in [9.17, 15) is 14.0 Å². The number of hydrogen-bond acceptors (Lipinski definition) is 4. The zero-order valence-corrected chi connectivity index (χ0v) is 13.8. The molecule has 7 heteroatoms. The summed E-state index contributed by atoms with van der Waals surface area (Å²) < 4.78 is 23.0. The number of carbonyl (C=O) groups excluding carboxylic acids is 2. The SMILES string of the molecule is COC(=O)c1cc(C[NH+](C)CC(=O)Nc2ccc(F)cc2)oc1C. The summed E-state index contributed by atoms with van der Waals surface area (Å²) in [4.78, 5) is 24.4. The Labute approximate surface area is 139 Å². The maximum atomic E-state index is 12.8. The second-order valence-corrected chi connectivity index (χ2v) is 5.54. The molecule has 0 fully saturated rings. The number of likely N-dealkylation sites (N-methyl/N-ethyl adjacent to an activating group) is 1. The molecule has 0 aliphatic carbocycles. The third-order valence-electron chi connectivity index (χ3n) is 3.44. The van der Waals surface area contributed by atoms with Crippen molar-refractivity contribution in [3.05, 3.63) is 53.2 Å². The van der Waals surface area contributed by atoms with Crippen LogP contribution in [0.4, 0.5) is 10.1 Å². The highest BCUT2D eigenvalue weighted by molar-refractivity contribution is 5.91. The van der Waals surface area contributed by atoms with Gasteiger partial charge in [-0.15, -0.1) is 0 Å². The molecule has 2 N–H and O–H groups in total. The standard InChI is InChI=1S/C17H19FN2O4/c1-11-15(17(22)23-3)8-14(24-11)9-20(2)10-16(21)19-13-6-4-12(18)5-7-13/h4-8H,9-10H2,1-3H3,(H,19,21)/p+1. The number of carbonyl (C=O) groups is 2. The Morgan fingerprint density at radius 2 is 1.96 bits per heavy atom. The van der Waals surface area contributed by atoms with Gasteiger partial charge in [-0.2, -0.15) is 0 Å². The van der Waals surface area contributed by atoms with E-state index in [0.29, 0.717) is 29.3 Å². The lowest BCUT2D eigenvalue weighted by Crippen LogP contribution is -3.08. The summed E-state index contributed by atoms with van der Waals surface area (Å²) in [5, 5.41) is 2.70. The summed E-state index contributed by atoms with van der Waals surface area (Å²) in [5.74, 6) is 0.0792. The molecule has 0 saturated heterocycles. The maximum Gasteiger partial charge on any atom is 0.341 e. The molecule has 0 bridgehead atoms. The second-order valence-electron chi connectivity index (χ2n) is 5.54. The van der Waals surface area contributed by atoms with E-state index in [1.807, 2.05) is 7.05 Å². The van der Waals surface area contributed by atoms with Crippen LogP contribution in [0.25, 0.3) is 0 Å². The second kappa shape index (κ2) is 7.74. The van der Waals surface area contributed by atoms with Crippen molar-refractivity contribution in [1.29, 1.82) is 0 Å². The van der Waals surface area contributed by atoms with Crippen molar-refractivity contribution in [2.45, 2.75) is 13.5 Å². The highest BCUT2D eigenvalue weighted by Gasteiger charge is 2.18. The van der Waals surface area contributed by atoms with E-state index in [-0.39, 0.29) is 18.3 Å². The molecular formula is C17H20FN2O4+. The summed E-state index contributed by atoms with van der Waals surface area (Å²) >= 11 is 0. The molecule has 0 spiro atoms. The highest BCUT2D eigenvalue weighted by Crippen LogP contribution is 2.14. The van der Waals surface area contributed by atoms with E-state index in [1.165, 1.54) is 31.4 Å². The van der Waals surface area contributed by atoms with Gasteiger partial charge < -0.3 is 19.4 Å². The minimum Gasteiger partial charge on any atom is -0.465 e. The molecule has 24 heavy (non-hydrogen) atoms. The molecule has 6 nitrogen and oxygen atoms in total. The summed E-state index contributed by atoms with van der Waals surface area (Å²) in [6.07, 6.45) is 0. The lowest BCUT2D eigenvalue weighted by Gasteiger charge is -2.12. The van der Waals surface area contributed by atoms with Crippen LogP contribution in [0, 0.1) is 12.7 Å². The Morgan fingerprint density at radius 3 is 2.58 bits per heavy atom. The van der Waals surface area contributed by atoms with E-state index < -0.39 is 5.97 Å². The topological polar surface area (TPSA) is 73.0 Å². The van der Waals surface area contributed by atoms with Crippen molar-refractivity contribution >= 4 is 17.6 Å². The molecule has 1 amide bonds. The average Bonchev–Trinajstić information content (AvgIpc) is 2.89. The molecule has 0 aliphatic rings. The smallest absolute Gasteiger partial charge is 0.341 e. The fourth-order valence-corrected chi connectivity index (χ4v) is 2.32. The maximum absolute atomic E-state index is 12.8. The van der Waals surface area contributed by atoms with Gasteiger partial charge in [0.1, 0.15) is 23.7 Å². The first-order valence-corrected chi connectivity index (χ1v) is 7.43. The van der Waals surface area contributed by atoms with Gasteiger partial charge in [-0.3, -0.25) is 4.79 Å². The molecule has 1 heterocycles. The van der Waals surface area contributed by atoms with Gasteiger partial charge in [0.2, 0.25) is 0 Å². The predicted octanol–water partition coefficient (Wildman–Crippen LogP) is 1.17. The van der Waals surface area contributed by atoms with Crippen molar-refractivity contribution in [1.82, 2.24) is 0 Å². The number of aryl methyl sites for hydroxylation is 1. The average molecular weight is 335 g/mol. The molecule has 1 aromatic heterocycles. The minimum absolute atomic E-state index is 0.199. The molecule has 1 unspecified atom stereocenters. The number of nitrogens with one attached hydrogen (secondary N) is 2. The minimum atomic E-state index is -0.450. The number of anilines is 1. The Kier molecular flexibility index (Phi) is 5.70. The molecule has 1 aromatic carbocycles. The Balaban J connectivity index is 1.90. The normalized spacial score (nSPS) is 11.8. The summed E-state index contributed by atoms with van der Waals surface area (Å²) in [5.41, 5.74) is 0.923. The quantitative estimate of drug-likeness (QED) is 0.777. The van der Waals surface area contributed by atoms with Gasteiger partial charge in [0, 0.05) is 11.8 Å². The zero-order valence-electron chi connectivity index (χ0n) is 13.8. The number of rotatable bonds is 6. The Morgan fingerprint density at radius 1 is 1.29 bits per heavy atom. The van der Waals surface area contributed by atoms with E-state index >= 15 is 0 Å². The van der Waals surface area contributed by atoms with Crippen LogP contribution in [0.2, 0.25) is 0 Å². The van der Waals surface area contributed by atoms with Crippen LogP contribution >= 0.6 is 0 Å². The monoisotopic (exact) mass is 335 g/mol. The van der Waals surface area contributed by atoms with Crippen LogP contribution in [0.1, 0.15) is 21.9 Å². The fourth-order valence-electron chi connectivity index (χ4n) is 2.32. The number of quaternary nitrogens is 1. The van der Waals surface area contributed by atoms with Crippen molar-refractivity contribution in [3.8, 4) is 0 Å². The Hall–Kier alpha value is -2.67. The number of benzene rings is 1. The van der Waals surface area contributed by atoms with Crippen molar-refractivity contribution < 1.29 is 28.0 Å². The Bertz CT molecular complexity index is 725. The molecule has 2 aromatic rings. The first-order chi connectivity index (χ1) is 11.4. The third kappa shape index (κ3) is 4.66. The van der Waals surface area contributed by atoms with Crippen molar-refractivity contribution in [3.63, 3.8) is 0 Å². The predicted molar refractivity (Wildman–Crippen MR) is 85.3 cm³/mol.